The van der Waals surface area contributed by atoms with Crippen LogP contribution in [0.2, 0.25) is 0 Å². The maximum atomic E-state index is 4.85. The molecule has 0 atom stereocenters. The third-order valence-electron chi connectivity index (χ3n) is 4.90. The molecular formula is C21H14N8S. The predicted molar refractivity (Wildman–Crippen MR) is 116 cm³/mol. The van der Waals surface area contributed by atoms with Crippen molar-refractivity contribution in [3.63, 3.8) is 0 Å². The number of nitrogens with zero attached hydrogens (tertiary/aromatic N) is 6. The Morgan fingerprint density at radius 3 is 2.67 bits per heavy atom. The first-order valence-electron chi connectivity index (χ1n) is 9.28. The maximum Gasteiger partial charge on any atom is 0.159 e. The van der Waals surface area contributed by atoms with Gasteiger partial charge in [0.1, 0.15) is 23.2 Å². The molecule has 0 unspecified atom stereocenters. The lowest BCUT2D eigenvalue weighted by Crippen LogP contribution is -1.87. The standard InChI is InChI=1S/C21H14N8S/c1-11-2-3-17(30-11)20-19-14(4-5-24-20)26-21(27-19)18-13-6-15(12-7-22-10-23-8-12)25-9-16(13)28-29-18/h2-10H,1H3,(H,26,27)(H,28,29). The van der Waals surface area contributed by atoms with Gasteiger partial charge in [0.15, 0.2) is 5.82 Å². The summed E-state index contributed by atoms with van der Waals surface area (Å²) in [6, 6.07) is 8.08. The average molecular weight is 410 g/mol. The van der Waals surface area contributed by atoms with Crippen LogP contribution >= 0.6 is 11.3 Å². The van der Waals surface area contributed by atoms with Crippen LogP contribution in [0.3, 0.4) is 0 Å². The van der Waals surface area contributed by atoms with E-state index in [1.165, 1.54) is 11.2 Å². The van der Waals surface area contributed by atoms with Gasteiger partial charge in [0.25, 0.3) is 0 Å². The third-order valence-corrected chi connectivity index (χ3v) is 5.91. The number of aromatic amines is 2. The van der Waals surface area contributed by atoms with Crippen LogP contribution in [0.15, 0.2) is 55.4 Å². The van der Waals surface area contributed by atoms with Gasteiger partial charge in [-0.15, -0.1) is 11.3 Å². The molecule has 30 heavy (non-hydrogen) atoms. The van der Waals surface area contributed by atoms with Crippen LogP contribution in [0.1, 0.15) is 4.88 Å². The molecule has 0 amide bonds. The molecule has 0 aromatic carbocycles. The fraction of sp³-hybridized carbons (Fsp3) is 0.0476. The molecule has 9 heteroatoms. The number of H-pyrrole nitrogens is 2. The highest BCUT2D eigenvalue weighted by Gasteiger charge is 2.17. The van der Waals surface area contributed by atoms with Crippen LogP contribution in [-0.2, 0) is 0 Å². The average Bonchev–Trinajstić information content (AvgIpc) is 3.51. The van der Waals surface area contributed by atoms with Crippen molar-refractivity contribution in [1.29, 1.82) is 0 Å². The number of nitrogens with one attached hydrogen (secondary N) is 2. The summed E-state index contributed by atoms with van der Waals surface area (Å²) >= 11 is 1.71. The van der Waals surface area contributed by atoms with E-state index < -0.39 is 0 Å². The topological polar surface area (TPSA) is 109 Å². The number of thiophene rings is 1. The smallest absolute Gasteiger partial charge is 0.159 e. The largest absolute Gasteiger partial charge is 0.336 e. The Kier molecular flexibility index (Phi) is 3.68. The Morgan fingerprint density at radius 1 is 0.933 bits per heavy atom. The van der Waals surface area contributed by atoms with Crippen molar-refractivity contribution >= 4 is 33.3 Å². The number of aromatic nitrogens is 8. The van der Waals surface area contributed by atoms with E-state index in [2.05, 4.69) is 54.2 Å². The molecule has 0 spiro atoms. The van der Waals surface area contributed by atoms with Gasteiger partial charge in [-0.3, -0.25) is 15.1 Å². The summed E-state index contributed by atoms with van der Waals surface area (Å²) in [6.07, 6.45) is 8.54. The minimum atomic E-state index is 0.681. The molecule has 0 aliphatic rings. The van der Waals surface area contributed by atoms with Crippen molar-refractivity contribution in [1.82, 2.24) is 40.1 Å². The van der Waals surface area contributed by atoms with Crippen molar-refractivity contribution in [2.75, 3.05) is 0 Å². The minimum Gasteiger partial charge on any atom is -0.336 e. The van der Waals surface area contributed by atoms with E-state index in [0.717, 1.165) is 49.5 Å². The van der Waals surface area contributed by atoms with E-state index >= 15 is 0 Å². The molecule has 0 aliphatic carbocycles. The number of pyridine rings is 2. The molecule has 0 radical (unpaired) electrons. The maximum absolute atomic E-state index is 4.85. The van der Waals surface area contributed by atoms with E-state index in [4.69, 9.17) is 4.98 Å². The minimum absolute atomic E-state index is 0.681. The van der Waals surface area contributed by atoms with E-state index in [1.807, 2.05) is 12.1 Å². The first-order valence-corrected chi connectivity index (χ1v) is 10.1. The zero-order valence-corrected chi connectivity index (χ0v) is 16.6. The quantitative estimate of drug-likeness (QED) is 0.448. The molecule has 0 aliphatic heterocycles. The molecular weight excluding hydrogens is 396 g/mol. The third kappa shape index (κ3) is 2.67. The zero-order valence-electron chi connectivity index (χ0n) is 15.8. The molecule has 8 nitrogen and oxygen atoms in total. The molecule has 6 rings (SSSR count). The summed E-state index contributed by atoms with van der Waals surface area (Å²) in [5.74, 6) is 0.681. The van der Waals surface area contributed by atoms with Crippen molar-refractivity contribution in [2.24, 2.45) is 0 Å². The van der Waals surface area contributed by atoms with Gasteiger partial charge in [-0.05, 0) is 31.2 Å². The van der Waals surface area contributed by atoms with Crippen molar-refractivity contribution < 1.29 is 0 Å². The van der Waals surface area contributed by atoms with Crippen molar-refractivity contribution in [3.05, 3.63) is 60.3 Å². The van der Waals surface area contributed by atoms with Gasteiger partial charge in [-0.25, -0.2) is 15.0 Å². The van der Waals surface area contributed by atoms with Gasteiger partial charge in [0, 0.05) is 34.4 Å². The number of hydrogen-bond acceptors (Lipinski definition) is 7. The normalized spacial score (nSPS) is 11.5. The lowest BCUT2D eigenvalue weighted by Gasteiger charge is -2.00. The molecule has 6 heterocycles. The number of fused-ring (bicyclic) bond motifs is 2. The van der Waals surface area contributed by atoms with Crippen LogP contribution in [-0.4, -0.2) is 40.1 Å². The van der Waals surface area contributed by atoms with Gasteiger partial charge < -0.3 is 4.98 Å². The van der Waals surface area contributed by atoms with Crippen LogP contribution in [0.4, 0.5) is 0 Å². The van der Waals surface area contributed by atoms with Crippen LogP contribution in [0.5, 0.6) is 0 Å². The van der Waals surface area contributed by atoms with Crippen LogP contribution < -0.4 is 0 Å². The Labute approximate surface area is 174 Å². The molecule has 0 saturated heterocycles. The molecule has 0 saturated carbocycles. The Balaban J connectivity index is 1.52. The molecule has 144 valence electrons. The second-order valence-electron chi connectivity index (χ2n) is 6.87. The van der Waals surface area contributed by atoms with E-state index in [9.17, 15) is 0 Å². The lowest BCUT2D eigenvalue weighted by atomic mass is 10.1. The van der Waals surface area contributed by atoms with Gasteiger partial charge in [-0.1, -0.05) is 0 Å². The van der Waals surface area contributed by atoms with Gasteiger partial charge in [-0.2, -0.15) is 5.10 Å². The summed E-state index contributed by atoms with van der Waals surface area (Å²) in [4.78, 5) is 27.8. The molecule has 6 aromatic rings. The summed E-state index contributed by atoms with van der Waals surface area (Å²) in [7, 11) is 0. The molecule has 0 bridgehead atoms. The summed E-state index contributed by atoms with van der Waals surface area (Å²) in [5.41, 5.74) is 5.80. The van der Waals surface area contributed by atoms with Crippen molar-refractivity contribution in [2.45, 2.75) is 6.92 Å². The Morgan fingerprint density at radius 2 is 1.83 bits per heavy atom. The van der Waals surface area contributed by atoms with Crippen molar-refractivity contribution in [3.8, 4) is 33.3 Å². The summed E-state index contributed by atoms with van der Waals surface area (Å²) < 4.78 is 0. The number of rotatable bonds is 3. The van der Waals surface area contributed by atoms with Gasteiger partial charge in [0.2, 0.25) is 0 Å². The second-order valence-corrected chi connectivity index (χ2v) is 8.15. The SMILES string of the molecule is Cc1ccc(-c2nccc3[nH]c(-c4n[nH]c5cnc(-c6cncnc6)cc45)nc23)s1. The van der Waals surface area contributed by atoms with E-state index in [1.54, 1.807) is 36.1 Å². The number of aryl methyl sites for hydroxylation is 1. The molecule has 6 aromatic heterocycles. The Hall–Kier alpha value is -3.98. The fourth-order valence-electron chi connectivity index (χ4n) is 3.48. The summed E-state index contributed by atoms with van der Waals surface area (Å²) in [6.45, 7) is 2.09. The molecule has 2 N–H and O–H groups in total. The van der Waals surface area contributed by atoms with Gasteiger partial charge >= 0.3 is 0 Å². The lowest BCUT2D eigenvalue weighted by molar-refractivity contribution is 1.10. The van der Waals surface area contributed by atoms with Gasteiger partial charge in [0.05, 0.1) is 27.8 Å². The summed E-state index contributed by atoms with van der Waals surface area (Å²) in [5, 5.41) is 8.46. The van der Waals surface area contributed by atoms with E-state index in [-0.39, 0.29) is 0 Å². The number of imidazole rings is 1. The van der Waals surface area contributed by atoms with Crippen LogP contribution in [0.25, 0.3) is 55.3 Å². The first-order chi connectivity index (χ1) is 14.8. The van der Waals surface area contributed by atoms with E-state index in [0.29, 0.717) is 5.82 Å². The Bertz CT molecular complexity index is 1510. The predicted octanol–water partition coefficient (Wildman–Crippen LogP) is 4.39. The highest BCUT2D eigenvalue weighted by molar-refractivity contribution is 7.15. The number of hydrogen-bond donors (Lipinski definition) is 2. The highest BCUT2D eigenvalue weighted by Crippen LogP contribution is 2.33. The zero-order chi connectivity index (χ0) is 20.1. The fourth-order valence-corrected chi connectivity index (χ4v) is 4.34. The second kappa shape index (κ2) is 6.53. The first kappa shape index (κ1) is 16.9. The monoisotopic (exact) mass is 410 g/mol. The molecule has 0 fully saturated rings. The highest BCUT2D eigenvalue weighted by atomic mass is 32.1. The van der Waals surface area contributed by atoms with Crippen LogP contribution in [0, 0.1) is 6.92 Å².